The number of hydrogen-bond donors (Lipinski definition) is 0. The van der Waals surface area contributed by atoms with Crippen LogP contribution in [0.2, 0.25) is 10.0 Å². The second kappa shape index (κ2) is 9.69. The highest BCUT2D eigenvalue weighted by Crippen LogP contribution is 2.35. The van der Waals surface area contributed by atoms with Gasteiger partial charge in [-0.2, -0.15) is 0 Å². The maximum atomic E-state index is 14.5. The van der Waals surface area contributed by atoms with Gasteiger partial charge in [-0.3, -0.25) is 19.4 Å². The highest BCUT2D eigenvalue weighted by molar-refractivity contribution is 6.30. The van der Waals surface area contributed by atoms with Gasteiger partial charge in [-0.15, -0.1) is 0 Å². The molecule has 33 heavy (non-hydrogen) atoms. The molecule has 1 saturated heterocycles. The van der Waals surface area contributed by atoms with Crippen LogP contribution in [0.5, 0.6) is 0 Å². The first kappa shape index (κ1) is 25.0. The van der Waals surface area contributed by atoms with Crippen LogP contribution in [0.3, 0.4) is 0 Å². The van der Waals surface area contributed by atoms with Gasteiger partial charge in [0.25, 0.3) is 11.8 Å². The average molecular weight is 505 g/mol. The van der Waals surface area contributed by atoms with Crippen molar-refractivity contribution in [1.29, 1.82) is 0 Å². The van der Waals surface area contributed by atoms with E-state index in [0.29, 0.717) is 9.80 Å². The summed E-state index contributed by atoms with van der Waals surface area (Å²) < 4.78 is 58.2. The molecule has 176 valence electrons. The van der Waals surface area contributed by atoms with E-state index in [1.54, 1.807) is 0 Å². The number of alkyl halides is 4. The fraction of sp³-hybridized carbons (Fsp3) is 0.318. The molecule has 0 saturated carbocycles. The van der Waals surface area contributed by atoms with Gasteiger partial charge < -0.3 is 0 Å². The third-order valence-electron chi connectivity index (χ3n) is 5.16. The van der Waals surface area contributed by atoms with Crippen molar-refractivity contribution < 1.29 is 31.9 Å². The third kappa shape index (κ3) is 5.83. The van der Waals surface area contributed by atoms with Gasteiger partial charge in [-0.1, -0.05) is 47.5 Å². The van der Waals surface area contributed by atoms with Gasteiger partial charge in [-0.05, 0) is 24.3 Å². The fourth-order valence-corrected chi connectivity index (χ4v) is 3.73. The van der Waals surface area contributed by atoms with E-state index >= 15 is 0 Å². The molecule has 0 radical (unpaired) electrons. The Morgan fingerprint density at radius 3 is 1.48 bits per heavy atom. The van der Waals surface area contributed by atoms with Gasteiger partial charge in [0, 0.05) is 47.1 Å². The number of amides is 4. The van der Waals surface area contributed by atoms with Crippen LogP contribution >= 0.6 is 23.2 Å². The van der Waals surface area contributed by atoms with Crippen molar-refractivity contribution in [2.75, 3.05) is 13.1 Å². The Balaban J connectivity index is 1.69. The second-order valence-corrected chi connectivity index (χ2v) is 8.35. The number of carbonyl (C=O) groups is 3. The van der Waals surface area contributed by atoms with Crippen LogP contribution in [0.15, 0.2) is 48.5 Å². The monoisotopic (exact) mass is 504 g/mol. The number of rotatable bonds is 8. The molecule has 0 aliphatic carbocycles. The molecule has 0 N–H and O–H groups in total. The number of carbonyl (C=O) groups excluding carboxylic acids is 3. The van der Waals surface area contributed by atoms with Crippen LogP contribution in [-0.2, 0) is 21.4 Å². The fourth-order valence-electron chi connectivity index (χ4n) is 3.35. The van der Waals surface area contributed by atoms with Crippen molar-refractivity contribution in [1.82, 2.24) is 9.80 Å². The van der Waals surface area contributed by atoms with Crippen LogP contribution < -0.4 is 0 Å². The molecule has 0 unspecified atom stereocenters. The first-order valence-corrected chi connectivity index (χ1v) is 10.6. The van der Waals surface area contributed by atoms with Crippen molar-refractivity contribution in [3.8, 4) is 0 Å². The zero-order valence-corrected chi connectivity index (χ0v) is 18.6. The van der Waals surface area contributed by atoms with Gasteiger partial charge in [0.15, 0.2) is 0 Å². The summed E-state index contributed by atoms with van der Waals surface area (Å²) >= 11 is 11.5. The molecule has 1 aliphatic heterocycles. The van der Waals surface area contributed by atoms with Crippen LogP contribution in [0.4, 0.5) is 22.4 Å². The SMILES string of the molecule is O=C1CC(=O)N(CCC(F)(F)c2cccc(Cl)c2)C(=O)N1CCC(F)(F)c1cccc(Cl)c1. The molecule has 3 rings (SSSR count). The number of imide groups is 2. The molecule has 2 aromatic rings. The largest absolute Gasteiger partial charge is 0.333 e. The zero-order chi connectivity index (χ0) is 24.4. The molecule has 0 aromatic heterocycles. The molecule has 1 fully saturated rings. The molecule has 5 nitrogen and oxygen atoms in total. The predicted octanol–water partition coefficient (Wildman–Crippen LogP) is 5.84. The van der Waals surface area contributed by atoms with Crippen molar-refractivity contribution in [2.24, 2.45) is 0 Å². The summed E-state index contributed by atoms with van der Waals surface area (Å²) in [4.78, 5) is 37.9. The summed E-state index contributed by atoms with van der Waals surface area (Å²) in [7, 11) is 0. The van der Waals surface area contributed by atoms with E-state index in [-0.39, 0.29) is 10.0 Å². The van der Waals surface area contributed by atoms with Crippen LogP contribution in [-0.4, -0.2) is 40.7 Å². The maximum Gasteiger partial charge on any atom is 0.333 e. The quantitative estimate of drug-likeness (QED) is 0.335. The van der Waals surface area contributed by atoms with Gasteiger partial charge in [0.2, 0.25) is 11.8 Å². The first-order chi connectivity index (χ1) is 15.4. The van der Waals surface area contributed by atoms with Gasteiger partial charge in [-0.25, -0.2) is 22.4 Å². The smallest absolute Gasteiger partial charge is 0.274 e. The number of nitrogens with zero attached hydrogens (tertiary/aromatic N) is 2. The lowest BCUT2D eigenvalue weighted by Gasteiger charge is -2.34. The van der Waals surface area contributed by atoms with E-state index in [0.717, 1.165) is 24.3 Å². The Hall–Kier alpha value is -2.65. The van der Waals surface area contributed by atoms with E-state index < -0.39 is 73.2 Å². The predicted molar refractivity (Wildman–Crippen MR) is 113 cm³/mol. The van der Waals surface area contributed by atoms with E-state index in [1.807, 2.05) is 0 Å². The normalized spacial score (nSPS) is 15.4. The van der Waals surface area contributed by atoms with Gasteiger partial charge in [0.1, 0.15) is 6.42 Å². The molecule has 4 amide bonds. The minimum absolute atomic E-state index is 0.0923. The minimum Gasteiger partial charge on any atom is -0.274 e. The van der Waals surface area contributed by atoms with Crippen LogP contribution in [0, 0.1) is 0 Å². The average Bonchev–Trinajstić information content (AvgIpc) is 2.73. The summed E-state index contributed by atoms with van der Waals surface area (Å²) in [6, 6.07) is 8.73. The lowest BCUT2D eigenvalue weighted by atomic mass is 10.0. The van der Waals surface area contributed by atoms with Gasteiger partial charge >= 0.3 is 6.03 Å². The maximum absolute atomic E-state index is 14.5. The number of hydrogen-bond acceptors (Lipinski definition) is 3. The summed E-state index contributed by atoms with van der Waals surface area (Å²) in [6.07, 6.45) is -2.63. The highest BCUT2D eigenvalue weighted by Gasteiger charge is 2.42. The summed E-state index contributed by atoms with van der Waals surface area (Å²) in [5, 5.41) is 0.185. The molecular formula is C22H18Cl2F4N2O3. The van der Waals surface area contributed by atoms with E-state index in [4.69, 9.17) is 23.2 Å². The number of benzene rings is 2. The van der Waals surface area contributed by atoms with Crippen LogP contribution in [0.1, 0.15) is 30.4 Å². The molecule has 0 bridgehead atoms. The Bertz CT molecular complexity index is 1000. The molecule has 1 aliphatic rings. The lowest BCUT2D eigenvalue weighted by Crippen LogP contribution is -2.56. The summed E-state index contributed by atoms with van der Waals surface area (Å²) in [5.41, 5.74) is -0.804. The molecule has 2 aromatic carbocycles. The molecule has 11 heteroatoms. The topological polar surface area (TPSA) is 57.7 Å². The molecule has 0 spiro atoms. The van der Waals surface area contributed by atoms with Crippen molar-refractivity contribution >= 4 is 41.0 Å². The highest BCUT2D eigenvalue weighted by atomic mass is 35.5. The van der Waals surface area contributed by atoms with Crippen molar-refractivity contribution in [3.05, 3.63) is 69.7 Å². The number of urea groups is 1. The standard InChI is InChI=1S/C22H18Cl2F4N2O3/c23-16-5-1-3-14(11-16)21(25,26)7-9-29-18(31)13-19(32)30(20(29)33)10-8-22(27,28)15-4-2-6-17(24)12-15/h1-6,11-12H,7-10,13H2. The first-order valence-electron chi connectivity index (χ1n) is 9.83. The van der Waals surface area contributed by atoms with Crippen molar-refractivity contribution in [3.63, 3.8) is 0 Å². The van der Waals surface area contributed by atoms with Crippen LogP contribution in [0.25, 0.3) is 0 Å². The number of halogens is 6. The summed E-state index contributed by atoms with van der Waals surface area (Å²) in [5.74, 6) is -8.77. The Morgan fingerprint density at radius 2 is 1.12 bits per heavy atom. The van der Waals surface area contributed by atoms with Crippen molar-refractivity contribution in [2.45, 2.75) is 31.1 Å². The molecular weight excluding hydrogens is 487 g/mol. The third-order valence-corrected chi connectivity index (χ3v) is 5.63. The Morgan fingerprint density at radius 1 is 0.727 bits per heavy atom. The van der Waals surface area contributed by atoms with E-state index in [1.165, 1.54) is 24.3 Å². The lowest BCUT2D eigenvalue weighted by molar-refractivity contribution is -0.143. The van der Waals surface area contributed by atoms with E-state index in [9.17, 15) is 31.9 Å². The van der Waals surface area contributed by atoms with E-state index in [2.05, 4.69) is 0 Å². The second-order valence-electron chi connectivity index (χ2n) is 7.48. The Kier molecular flexibility index (Phi) is 7.33. The zero-order valence-electron chi connectivity index (χ0n) is 17.0. The Labute approximate surface area is 196 Å². The van der Waals surface area contributed by atoms with Gasteiger partial charge in [0.05, 0.1) is 0 Å². The summed E-state index contributed by atoms with van der Waals surface area (Å²) in [6.45, 7) is -1.41. The minimum atomic E-state index is -3.42. The molecule has 0 atom stereocenters. The molecule has 1 heterocycles. The number of barbiturate groups is 1.